The highest BCUT2D eigenvalue weighted by Gasteiger charge is 2.19. The number of benzene rings is 2. The minimum Gasteiger partial charge on any atom is -0.489 e. The van der Waals surface area contributed by atoms with Crippen LogP contribution in [-0.4, -0.2) is 22.2 Å². The number of hydrogen-bond donors (Lipinski definition) is 1. The minimum atomic E-state index is -0.700. The number of nitrogens with zero attached hydrogens (tertiary/aromatic N) is 3. The van der Waals surface area contributed by atoms with Crippen LogP contribution in [-0.2, 0) is 0 Å². The predicted molar refractivity (Wildman–Crippen MR) is 119 cm³/mol. The van der Waals surface area contributed by atoms with Crippen molar-refractivity contribution in [1.82, 2.24) is 0 Å². The molecule has 1 N–H and O–H groups in total. The molecule has 0 aliphatic carbocycles. The highest BCUT2D eigenvalue weighted by Crippen LogP contribution is 2.30. The van der Waals surface area contributed by atoms with Crippen LogP contribution < -0.4 is 10.2 Å². The lowest BCUT2D eigenvalue weighted by Crippen LogP contribution is -2.08. The van der Waals surface area contributed by atoms with Crippen LogP contribution in [0.4, 0.5) is 17.1 Å². The fourth-order valence-corrected chi connectivity index (χ4v) is 4.13. The Balaban J connectivity index is 2.23. The molecule has 0 spiro atoms. The van der Waals surface area contributed by atoms with Gasteiger partial charge >= 0.3 is 5.69 Å². The van der Waals surface area contributed by atoms with Gasteiger partial charge in [0.25, 0.3) is 5.69 Å². The van der Waals surface area contributed by atoms with Crippen molar-refractivity contribution in [3.63, 3.8) is 0 Å². The summed E-state index contributed by atoms with van der Waals surface area (Å²) in [5.41, 5.74) is 2.62. The molecule has 0 aliphatic rings. The van der Waals surface area contributed by atoms with Crippen molar-refractivity contribution in [2.45, 2.75) is 20.0 Å². The molecule has 142 valence electrons. The smallest absolute Gasteiger partial charge is 0.301 e. The highest BCUT2D eigenvalue weighted by atomic mass is 127. The van der Waals surface area contributed by atoms with Gasteiger partial charge in [0.2, 0.25) is 0 Å². The standard InChI is InChI=1S/C16H14I2N4O5/c1-9(2)27-16-12(17)5-10(6-13(16)18)8-19-20-14-4-3-11(21(23)24)7-15(14)22(25)26/h3-9,20H,1-2H3/b19-8+. The van der Waals surface area contributed by atoms with E-state index in [9.17, 15) is 20.2 Å². The SMILES string of the molecule is CC(C)Oc1c(I)cc(/C=N/Nc2ccc([N+](=O)[O-])cc2[N+](=O)[O-])cc1I. The quantitative estimate of drug-likeness (QED) is 0.209. The zero-order chi connectivity index (χ0) is 20.1. The molecule has 11 heteroatoms. The first-order valence-corrected chi connectivity index (χ1v) is 9.72. The van der Waals surface area contributed by atoms with Gasteiger partial charge in [-0.15, -0.1) is 0 Å². The average molecular weight is 596 g/mol. The van der Waals surface area contributed by atoms with E-state index in [1.807, 2.05) is 26.0 Å². The number of ether oxygens (including phenoxy) is 1. The van der Waals surface area contributed by atoms with Gasteiger partial charge in [-0.2, -0.15) is 5.10 Å². The minimum absolute atomic E-state index is 0.0518. The molecule has 2 rings (SSSR count). The number of halogens is 2. The molecule has 0 amide bonds. The Morgan fingerprint density at radius 3 is 2.26 bits per heavy atom. The van der Waals surface area contributed by atoms with E-state index in [-0.39, 0.29) is 17.5 Å². The molecule has 0 saturated carbocycles. The molecule has 9 nitrogen and oxygen atoms in total. The van der Waals surface area contributed by atoms with Crippen LogP contribution in [0.15, 0.2) is 35.4 Å². The van der Waals surface area contributed by atoms with Crippen molar-refractivity contribution in [3.8, 4) is 5.75 Å². The Morgan fingerprint density at radius 1 is 1.11 bits per heavy atom. The molecule has 0 unspecified atom stereocenters. The average Bonchev–Trinajstić information content (AvgIpc) is 2.58. The van der Waals surface area contributed by atoms with Gasteiger partial charge in [-0.05, 0) is 82.8 Å². The lowest BCUT2D eigenvalue weighted by Gasteiger charge is -2.14. The van der Waals surface area contributed by atoms with Crippen LogP contribution in [0.2, 0.25) is 0 Å². The summed E-state index contributed by atoms with van der Waals surface area (Å²) in [6.45, 7) is 3.89. The summed E-state index contributed by atoms with van der Waals surface area (Å²) < 4.78 is 7.60. The molecule has 0 bridgehead atoms. The van der Waals surface area contributed by atoms with Crippen molar-refractivity contribution >= 4 is 68.5 Å². The second-order valence-electron chi connectivity index (χ2n) is 5.57. The van der Waals surface area contributed by atoms with Gasteiger partial charge in [-0.1, -0.05) is 0 Å². The van der Waals surface area contributed by atoms with E-state index in [4.69, 9.17) is 4.74 Å². The molecule has 0 saturated heterocycles. The van der Waals surface area contributed by atoms with E-state index in [1.165, 1.54) is 18.3 Å². The number of hydrogen-bond acceptors (Lipinski definition) is 7. The third-order valence-corrected chi connectivity index (χ3v) is 4.76. The number of hydrazone groups is 1. The van der Waals surface area contributed by atoms with Gasteiger partial charge < -0.3 is 4.74 Å². The maximum Gasteiger partial charge on any atom is 0.301 e. The number of nitrogens with one attached hydrogen (secondary N) is 1. The van der Waals surface area contributed by atoms with Crippen LogP contribution in [0.5, 0.6) is 5.75 Å². The lowest BCUT2D eigenvalue weighted by molar-refractivity contribution is -0.393. The Bertz CT molecular complexity index is 895. The van der Waals surface area contributed by atoms with Crippen molar-refractivity contribution in [3.05, 3.63) is 63.3 Å². The summed E-state index contributed by atoms with van der Waals surface area (Å²) in [5, 5.41) is 25.9. The molecule has 0 radical (unpaired) electrons. The molecule has 2 aromatic carbocycles. The van der Waals surface area contributed by atoms with Crippen LogP contribution in [0, 0.1) is 27.4 Å². The Kier molecular flexibility index (Phi) is 7.29. The van der Waals surface area contributed by atoms with Crippen molar-refractivity contribution in [2.75, 3.05) is 5.43 Å². The van der Waals surface area contributed by atoms with Crippen LogP contribution in [0.25, 0.3) is 0 Å². The van der Waals surface area contributed by atoms with Crippen molar-refractivity contribution in [2.24, 2.45) is 5.10 Å². The molecular formula is C16H14I2N4O5. The molecule has 0 aromatic heterocycles. The van der Waals surface area contributed by atoms with E-state index >= 15 is 0 Å². The van der Waals surface area contributed by atoms with E-state index in [0.717, 1.165) is 24.5 Å². The fraction of sp³-hybridized carbons (Fsp3) is 0.188. The summed E-state index contributed by atoms with van der Waals surface area (Å²) in [4.78, 5) is 20.5. The number of nitro groups is 2. The second-order valence-corrected chi connectivity index (χ2v) is 7.89. The molecule has 0 atom stereocenters. The summed E-state index contributed by atoms with van der Waals surface area (Å²) >= 11 is 4.33. The number of rotatable bonds is 7. The summed E-state index contributed by atoms with van der Waals surface area (Å²) in [7, 11) is 0. The molecule has 27 heavy (non-hydrogen) atoms. The first kappa shape index (κ1) is 21.3. The molecule has 2 aromatic rings. The topological polar surface area (TPSA) is 120 Å². The summed E-state index contributed by atoms with van der Waals surface area (Å²) in [6, 6.07) is 7.06. The maximum atomic E-state index is 11.1. The van der Waals surface area contributed by atoms with E-state index in [0.29, 0.717) is 0 Å². The van der Waals surface area contributed by atoms with Crippen LogP contribution in [0.3, 0.4) is 0 Å². The van der Waals surface area contributed by atoms with E-state index in [2.05, 4.69) is 55.7 Å². The van der Waals surface area contributed by atoms with Crippen molar-refractivity contribution < 1.29 is 14.6 Å². The van der Waals surface area contributed by atoms with Gasteiger partial charge in [-0.25, -0.2) is 0 Å². The van der Waals surface area contributed by atoms with Crippen LogP contribution in [0.1, 0.15) is 19.4 Å². The number of non-ortho nitro benzene ring substituents is 1. The Morgan fingerprint density at radius 2 is 1.74 bits per heavy atom. The third-order valence-electron chi connectivity index (χ3n) is 3.16. The molecule has 0 aliphatic heterocycles. The zero-order valence-electron chi connectivity index (χ0n) is 14.2. The first-order chi connectivity index (χ1) is 12.7. The normalized spacial score (nSPS) is 11.0. The maximum absolute atomic E-state index is 11.1. The van der Waals surface area contributed by atoms with Gasteiger partial charge in [0.05, 0.1) is 35.4 Å². The van der Waals surface area contributed by atoms with Crippen LogP contribution >= 0.6 is 45.2 Å². The fourth-order valence-electron chi connectivity index (χ4n) is 2.06. The van der Waals surface area contributed by atoms with Gasteiger partial charge in [0, 0.05) is 6.07 Å². The van der Waals surface area contributed by atoms with E-state index < -0.39 is 15.5 Å². The highest BCUT2D eigenvalue weighted by molar-refractivity contribution is 14.1. The molecular weight excluding hydrogens is 582 g/mol. The number of nitro benzene ring substituents is 2. The summed E-state index contributed by atoms with van der Waals surface area (Å²) in [6.07, 6.45) is 1.56. The third kappa shape index (κ3) is 5.72. The zero-order valence-corrected chi connectivity index (χ0v) is 18.5. The predicted octanol–water partition coefficient (Wildman–Crippen LogP) is 4.95. The monoisotopic (exact) mass is 596 g/mol. The first-order valence-electron chi connectivity index (χ1n) is 7.56. The largest absolute Gasteiger partial charge is 0.489 e. The second kappa shape index (κ2) is 9.25. The molecule has 0 fully saturated rings. The lowest BCUT2D eigenvalue weighted by atomic mass is 10.2. The van der Waals surface area contributed by atoms with Gasteiger partial charge in [0.15, 0.2) is 0 Å². The number of anilines is 1. The van der Waals surface area contributed by atoms with Crippen molar-refractivity contribution in [1.29, 1.82) is 0 Å². The Hall–Kier alpha value is -2.03. The van der Waals surface area contributed by atoms with Gasteiger partial charge in [0.1, 0.15) is 11.4 Å². The molecule has 0 heterocycles. The van der Waals surface area contributed by atoms with E-state index in [1.54, 1.807) is 0 Å². The summed E-state index contributed by atoms with van der Waals surface area (Å²) in [5.74, 6) is 0.794. The Labute approximate surface area is 181 Å². The van der Waals surface area contributed by atoms with Gasteiger partial charge in [-0.3, -0.25) is 25.7 Å².